The van der Waals surface area contributed by atoms with Gasteiger partial charge in [0, 0.05) is 35.4 Å². The summed E-state index contributed by atoms with van der Waals surface area (Å²) in [7, 11) is 0. The lowest BCUT2D eigenvalue weighted by Crippen LogP contribution is -2.64. The minimum atomic E-state index is -0.600. The van der Waals surface area contributed by atoms with E-state index >= 15 is 0 Å². The molecular formula is C20H22ClN7O. The fourth-order valence-corrected chi connectivity index (χ4v) is 4.20. The van der Waals surface area contributed by atoms with Crippen molar-refractivity contribution < 1.29 is 4.74 Å². The van der Waals surface area contributed by atoms with Gasteiger partial charge in [0.2, 0.25) is 0 Å². The number of rotatable bonds is 4. The Balaban J connectivity index is 1.76. The van der Waals surface area contributed by atoms with Crippen LogP contribution in [0.25, 0.3) is 10.4 Å². The normalized spacial score (nSPS) is 22.8. The largest absolute Gasteiger partial charge is 0.381 e. The van der Waals surface area contributed by atoms with Crippen LogP contribution in [0.1, 0.15) is 12.0 Å². The van der Waals surface area contributed by atoms with E-state index in [0.717, 1.165) is 16.9 Å². The minimum Gasteiger partial charge on any atom is -0.381 e. The third-order valence-corrected chi connectivity index (χ3v) is 5.85. The number of halogens is 1. The molecule has 1 saturated heterocycles. The molecular weight excluding hydrogens is 390 g/mol. The predicted molar refractivity (Wildman–Crippen MR) is 114 cm³/mol. The fraction of sp³-hybridized carbons (Fsp3) is 0.350. The van der Waals surface area contributed by atoms with E-state index in [-0.39, 0.29) is 12.5 Å². The Morgan fingerprint density at radius 1 is 1.31 bits per heavy atom. The van der Waals surface area contributed by atoms with Gasteiger partial charge in [-0.2, -0.15) is 0 Å². The molecule has 4 rings (SSSR count). The molecule has 0 bridgehead atoms. The number of nitrogens with zero attached hydrogens (tertiary/aromatic N) is 5. The SMILES string of the molecule is [N-]=[N+]=NCC1COCCC12Nc1ccccc1N=C2N(N)Cc1ccccc1Cl. The summed E-state index contributed by atoms with van der Waals surface area (Å²) in [6.07, 6.45) is 0.655. The summed E-state index contributed by atoms with van der Waals surface area (Å²) in [5.41, 5.74) is 10.9. The van der Waals surface area contributed by atoms with Crippen molar-refractivity contribution in [2.24, 2.45) is 21.9 Å². The van der Waals surface area contributed by atoms with Crippen LogP contribution in [-0.2, 0) is 11.3 Å². The van der Waals surface area contributed by atoms with Gasteiger partial charge in [-0.3, -0.25) is 5.01 Å². The first kappa shape index (κ1) is 19.5. The standard InChI is InChI=1S/C20H22ClN7O/c21-16-6-2-1-5-14(16)12-28(23)19-20(9-10-29-13-15(20)11-24-27-22)26-18-8-4-3-7-17(18)25-19/h1-8,15,26H,9-13,23H2. The predicted octanol–water partition coefficient (Wildman–Crippen LogP) is 4.26. The Morgan fingerprint density at radius 2 is 2.10 bits per heavy atom. The van der Waals surface area contributed by atoms with E-state index in [1.165, 1.54) is 0 Å². The number of fused-ring (bicyclic) bond motifs is 1. The molecule has 1 spiro atoms. The molecule has 0 aromatic heterocycles. The van der Waals surface area contributed by atoms with Gasteiger partial charge < -0.3 is 10.1 Å². The minimum absolute atomic E-state index is 0.114. The van der Waals surface area contributed by atoms with Crippen molar-refractivity contribution in [3.05, 3.63) is 69.6 Å². The number of para-hydroxylation sites is 2. The third kappa shape index (κ3) is 3.75. The van der Waals surface area contributed by atoms with Crippen LogP contribution in [0.4, 0.5) is 11.4 Å². The van der Waals surface area contributed by atoms with Crippen molar-refractivity contribution in [1.29, 1.82) is 0 Å². The first-order valence-electron chi connectivity index (χ1n) is 9.44. The van der Waals surface area contributed by atoms with Gasteiger partial charge in [-0.15, -0.1) is 0 Å². The molecule has 2 atom stereocenters. The average Bonchev–Trinajstić information content (AvgIpc) is 2.74. The van der Waals surface area contributed by atoms with Gasteiger partial charge in [0.05, 0.1) is 24.5 Å². The van der Waals surface area contributed by atoms with Crippen molar-refractivity contribution in [3.8, 4) is 0 Å². The van der Waals surface area contributed by atoms with Gasteiger partial charge in [-0.05, 0) is 29.3 Å². The van der Waals surface area contributed by atoms with E-state index in [4.69, 9.17) is 32.7 Å². The quantitative estimate of drug-likeness (QED) is 0.257. The number of nitrogens with one attached hydrogen (secondary N) is 1. The molecule has 0 amide bonds. The van der Waals surface area contributed by atoms with Gasteiger partial charge in [-0.25, -0.2) is 10.8 Å². The zero-order valence-electron chi connectivity index (χ0n) is 15.8. The molecule has 2 heterocycles. The van der Waals surface area contributed by atoms with Crippen molar-refractivity contribution in [2.75, 3.05) is 25.1 Å². The van der Waals surface area contributed by atoms with Gasteiger partial charge in [-0.1, -0.05) is 47.0 Å². The number of azide groups is 1. The maximum Gasteiger partial charge on any atom is 0.145 e. The molecule has 2 aromatic rings. The highest BCUT2D eigenvalue weighted by molar-refractivity contribution is 6.31. The second-order valence-electron chi connectivity index (χ2n) is 7.20. The molecule has 3 N–H and O–H groups in total. The maximum atomic E-state index is 8.86. The maximum absolute atomic E-state index is 8.86. The van der Waals surface area contributed by atoms with Crippen LogP contribution >= 0.6 is 11.6 Å². The molecule has 2 unspecified atom stereocenters. The first-order valence-corrected chi connectivity index (χ1v) is 9.82. The molecule has 0 saturated carbocycles. The van der Waals surface area contributed by atoms with E-state index in [0.29, 0.717) is 37.0 Å². The number of anilines is 1. The lowest BCUT2D eigenvalue weighted by atomic mass is 9.77. The molecule has 9 heteroatoms. The Bertz CT molecular complexity index is 975. The highest BCUT2D eigenvalue weighted by Crippen LogP contribution is 2.41. The Kier molecular flexibility index (Phi) is 5.60. The van der Waals surface area contributed by atoms with Crippen LogP contribution in [0.15, 0.2) is 58.6 Å². The van der Waals surface area contributed by atoms with Crippen molar-refractivity contribution in [3.63, 3.8) is 0 Å². The summed E-state index contributed by atoms with van der Waals surface area (Å²) < 4.78 is 5.70. The summed E-state index contributed by atoms with van der Waals surface area (Å²) in [6, 6.07) is 15.4. The van der Waals surface area contributed by atoms with Crippen LogP contribution in [0.3, 0.4) is 0 Å². The van der Waals surface area contributed by atoms with Crippen molar-refractivity contribution in [2.45, 2.75) is 18.5 Å². The Labute approximate surface area is 173 Å². The second kappa shape index (κ2) is 8.31. The zero-order valence-corrected chi connectivity index (χ0v) is 16.6. The molecule has 29 heavy (non-hydrogen) atoms. The summed E-state index contributed by atoms with van der Waals surface area (Å²) in [5.74, 6) is 7.14. The van der Waals surface area contributed by atoms with Gasteiger partial charge in [0.1, 0.15) is 11.4 Å². The molecule has 150 valence electrons. The molecule has 2 aliphatic heterocycles. The first-order chi connectivity index (χ1) is 14.1. The zero-order chi connectivity index (χ0) is 20.3. The topological polar surface area (TPSA) is 112 Å². The molecule has 2 aromatic carbocycles. The summed E-state index contributed by atoms with van der Waals surface area (Å²) in [5, 5.41) is 9.76. The summed E-state index contributed by atoms with van der Waals surface area (Å²) in [6.45, 7) is 1.69. The Hall–Kier alpha value is -2.77. The third-order valence-electron chi connectivity index (χ3n) is 5.48. The highest BCUT2D eigenvalue weighted by atomic mass is 35.5. The molecule has 8 nitrogen and oxygen atoms in total. The lowest BCUT2D eigenvalue weighted by Gasteiger charge is -2.49. The number of benzene rings is 2. The van der Waals surface area contributed by atoms with Crippen LogP contribution in [0.2, 0.25) is 5.02 Å². The number of amidine groups is 1. The fourth-order valence-electron chi connectivity index (χ4n) is 4.00. The number of nitrogens with two attached hydrogens (primary N) is 1. The van der Waals surface area contributed by atoms with E-state index in [1.807, 2.05) is 48.5 Å². The van der Waals surface area contributed by atoms with Crippen LogP contribution in [0.5, 0.6) is 0 Å². The lowest BCUT2D eigenvalue weighted by molar-refractivity contribution is 0.0308. The molecule has 2 aliphatic rings. The van der Waals surface area contributed by atoms with Gasteiger partial charge in [0.25, 0.3) is 0 Å². The number of aliphatic imine (C=N–C) groups is 1. The smallest absolute Gasteiger partial charge is 0.145 e. The van der Waals surface area contributed by atoms with Crippen LogP contribution in [0, 0.1) is 5.92 Å². The molecule has 0 aliphatic carbocycles. The monoisotopic (exact) mass is 411 g/mol. The van der Waals surface area contributed by atoms with E-state index in [2.05, 4.69) is 15.3 Å². The Morgan fingerprint density at radius 3 is 2.93 bits per heavy atom. The summed E-state index contributed by atoms with van der Waals surface area (Å²) in [4.78, 5) is 7.87. The van der Waals surface area contributed by atoms with Crippen LogP contribution in [-0.4, -0.2) is 36.1 Å². The van der Waals surface area contributed by atoms with Gasteiger partial charge in [0.15, 0.2) is 0 Å². The average molecular weight is 412 g/mol. The summed E-state index contributed by atoms with van der Waals surface area (Å²) >= 11 is 6.35. The molecule has 0 radical (unpaired) electrons. The second-order valence-corrected chi connectivity index (χ2v) is 7.61. The number of hydrogen-bond donors (Lipinski definition) is 2. The number of hydrogen-bond acceptors (Lipinski definition) is 6. The van der Waals surface area contributed by atoms with E-state index in [9.17, 15) is 0 Å². The van der Waals surface area contributed by atoms with E-state index in [1.54, 1.807) is 5.01 Å². The highest BCUT2D eigenvalue weighted by Gasteiger charge is 2.49. The molecule has 1 fully saturated rings. The van der Waals surface area contributed by atoms with Crippen molar-refractivity contribution in [1.82, 2.24) is 5.01 Å². The number of ether oxygens (including phenoxy) is 1. The number of hydrazine groups is 1. The van der Waals surface area contributed by atoms with Crippen molar-refractivity contribution >= 4 is 28.8 Å². The van der Waals surface area contributed by atoms with Crippen LogP contribution < -0.4 is 11.2 Å². The van der Waals surface area contributed by atoms with E-state index < -0.39 is 5.54 Å². The van der Waals surface area contributed by atoms with Gasteiger partial charge >= 0.3 is 0 Å².